The molecule has 0 aromatic heterocycles. The lowest BCUT2D eigenvalue weighted by molar-refractivity contribution is -0.192. The third-order valence-corrected chi connectivity index (χ3v) is 6.26. The monoisotopic (exact) mass is 458 g/mol. The number of benzene rings is 1. The molecule has 6 nitrogen and oxygen atoms in total. The number of hydrogen-bond donors (Lipinski definition) is 2. The molecule has 2 N–H and O–H groups in total. The number of likely N-dealkylation sites (tertiary alicyclic amines) is 1. The van der Waals surface area contributed by atoms with Gasteiger partial charge in [-0.05, 0) is 49.8 Å². The Bertz CT molecular complexity index is 733. The molecule has 9 heteroatoms. The Morgan fingerprint density at radius 1 is 1.19 bits per heavy atom. The second kappa shape index (κ2) is 11.7. The van der Waals surface area contributed by atoms with Gasteiger partial charge in [0.15, 0.2) is 0 Å². The van der Waals surface area contributed by atoms with Gasteiger partial charge in [0.2, 0.25) is 5.91 Å². The molecule has 1 aromatic carbocycles. The summed E-state index contributed by atoms with van der Waals surface area (Å²) in [6, 6.07) is 10.9. The molecule has 1 spiro atoms. The van der Waals surface area contributed by atoms with Crippen molar-refractivity contribution in [1.82, 2.24) is 10.2 Å². The summed E-state index contributed by atoms with van der Waals surface area (Å²) in [6.45, 7) is 8.79. The van der Waals surface area contributed by atoms with Gasteiger partial charge in [-0.1, -0.05) is 44.2 Å². The van der Waals surface area contributed by atoms with Crippen LogP contribution in [0.2, 0.25) is 0 Å². The minimum absolute atomic E-state index is 0.0323. The summed E-state index contributed by atoms with van der Waals surface area (Å²) in [5, 5.41) is 10.4. The maximum Gasteiger partial charge on any atom is 0.490 e. The highest BCUT2D eigenvalue weighted by Gasteiger charge is 2.44. The fraction of sp³-hybridized carbons (Fsp3) is 0.652. The Labute approximate surface area is 187 Å². The van der Waals surface area contributed by atoms with E-state index < -0.39 is 12.1 Å². The van der Waals surface area contributed by atoms with Crippen molar-refractivity contribution in [2.75, 3.05) is 32.8 Å². The van der Waals surface area contributed by atoms with Crippen LogP contribution in [0.4, 0.5) is 13.2 Å². The first-order valence-corrected chi connectivity index (χ1v) is 11.0. The summed E-state index contributed by atoms with van der Waals surface area (Å²) in [6.07, 6.45) is -0.574. The van der Waals surface area contributed by atoms with Crippen LogP contribution in [-0.4, -0.2) is 66.9 Å². The van der Waals surface area contributed by atoms with Gasteiger partial charge in [0.1, 0.15) is 0 Å². The van der Waals surface area contributed by atoms with Gasteiger partial charge in [-0.2, -0.15) is 13.2 Å². The molecule has 2 saturated heterocycles. The van der Waals surface area contributed by atoms with Crippen molar-refractivity contribution in [3.8, 4) is 0 Å². The molecular weight excluding hydrogens is 425 g/mol. The maximum atomic E-state index is 12.2. The number of alkyl halides is 3. The average molecular weight is 459 g/mol. The topological polar surface area (TPSA) is 78.9 Å². The SMILES string of the molecule is CC(C)C(=O)NC1COCCC12CCN(CCc1ccccc1)CC2.O=C(O)C(F)(F)F. The molecule has 2 heterocycles. The number of carbonyl (C=O) groups is 2. The van der Waals surface area contributed by atoms with Gasteiger partial charge >= 0.3 is 12.1 Å². The van der Waals surface area contributed by atoms with Crippen LogP contribution in [0.15, 0.2) is 30.3 Å². The van der Waals surface area contributed by atoms with E-state index in [1.165, 1.54) is 5.56 Å². The van der Waals surface area contributed by atoms with Crippen LogP contribution in [0.5, 0.6) is 0 Å². The summed E-state index contributed by atoms with van der Waals surface area (Å²) >= 11 is 0. The van der Waals surface area contributed by atoms with Gasteiger partial charge in [0, 0.05) is 19.1 Å². The Morgan fingerprint density at radius 2 is 1.78 bits per heavy atom. The van der Waals surface area contributed by atoms with E-state index in [0.29, 0.717) is 6.61 Å². The van der Waals surface area contributed by atoms with Crippen molar-refractivity contribution in [2.24, 2.45) is 11.3 Å². The standard InChI is InChI=1S/C21H32N2O2.C2HF3O2/c1-17(2)20(24)22-19-16-25-15-11-21(19)9-13-23(14-10-21)12-8-18-6-4-3-5-7-18;3-2(4,5)1(6)7/h3-7,17,19H,8-16H2,1-2H3,(H,22,24);(H,6,7). The molecule has 0 radical (unpaired) electrons. The number of aliphatic carboxylic acids is 1. The maximum absolute atomic E-state index is 12.2. The lowest BCUT2D eigenvalue weighted by atomic mass is 9.69. The highest BCUT2D eigenvalue weighted by Crippen LogP contribution is 2.41. The first-order chi connectivity index (χ1) is 15.0. The number of halogens is 3. The number of carbonyl (C=O) groups excluding carboxylic acids is 1. The molecule has 1 aromatic rings. The van der Waals surface area contributed by atoms with E-state index in [-0.39, 0.29) is 23.3 Å². The van der Waals surface area contributed by atoms with E-state index in [1.807, 2.05) is 13.8 Å². The quantitative estimate of drug-likeness (QED) is 0.706. The fourth-order valence-electron chi connectivity index (χ4n) is 4.11. The molecule has 0 bridgehead atoms. The number of carboxylic acid groups (broad SMARTS) is 1. The molecule has 2 aliphatic heterocycles. The zero-order valence-electron chi connectivity index (χ0n) is 18.7. The van der Waals surface area contributed by atoms with Crippen molar-refractivity contribution in [2.45, 2.75) is 51.7 Å². The summed E-state index contributed by atoms with van der Waals surface area (Å²) in [5.41, 5.74) is 1.64. The number of hydrogen-bond acceptors (Lipinski definition) is 4. The molecule has 0 aliphatic carbocycles. The minimum atomic E-state index is -5.08. The predicted molar refractivity (Wildman–Crippen MR) is 114 cm³/mol. The Morgan fingerprint density at radius 3 is 2.31 bits per heavy atom. The van der Waals surface area contributed by atoms with Crippen LogP contribution in [0, 0.1) is 11.3 Å². The van der Waals surface area contributed by atoms with E-state index in [0.717, 1.165) is 51.9 Å². The Kier molecular flexibility index (Phi) is 9.51. The van der Waals surface area contributed by atoms with Gasteiger partial charge in [0.05, 0.1) is 12.6 Å². The minimum Gasteiger partial charge on any atom is -0.475 e. The number of nitrogens with one attached hydrogen (secondary N) is 1. The molecule has 0 saturated carbocycles. The predicted octanol–water partition coefficient (Wildman–Crippen LogP) is 3.51. The van der Waals surface area contributed by atoms with Crippen LogP contribution in [0.1, 0.15) is 38.7 Å². The number of rotatable bonds is 5. The zero-order chi connectivity index (χ0) is 23.8. The van der Waals surface area contributed by atoms with Crippen molar-refractivity contribution < 1.29 is 32.6 Å². The molecule has 32 heavy (non-hydrogen) atoms. The fourth-order valence-corrected chi connectivity index (χ4v) is 4.11. The first kappa shape index (κ1) is 26.1. The van der Waals surface area contributed by atoms with E-state index in [4.69, 9.17) is 14.6 Å². The van der Waals surface area contributed by atoms with Crippen LogP contribution in [0.25, 0.3) is 0 Å². The highest BCUT2D eigenvalue weighted by molar-refractivity contribution is 5.78. The van der Waals surface area contributed by atoms with Gasteiger partial charge in [-0.3, -0.25) is 4.79 Å². The Balaban J connectivity index is 0.000000451. The zero-order valence-corrected chi connectivity index (χ0v) is 18.7. The lowest BCUT2D eigenvalue weighted by Crippen LogP contribution is -2.58. The summed E-state index contributed by atoms with van der Waals surface area (Å²) in [5.74, 6) is -2.57. The molecule has 2 aliphatic rings. The van der Waals surface area contributed by atoms with E-state index in [1.54, 1.807) is 0 Å². The Hall–Kier alpha value is -2.13. The largest absolute Gasteiger partial charge is 0.490 e. The van der Waals surface area contributed by atoms with Gasteiger partial charge in [-0.25, -0.2) is 4.79 Å². The number of ether oxygens (including phenoxy) is 1. The van der Waals surface area contributed by atoms with Gasteiger partial charge < -0.3 is 20.1 Å². The second-order valence-corrected chi connectivity index (χ2v) is 8.78. The van der Waals surface area contributed by atoms with E-state index >= 15 is 0 Å². The van der Waals surface area contributed by atoms with Crippen LogP contribution >= 0.6 is 0 Å². The van der Waals surface area contributed by atoms with Crippen LogP contribution < -0.4 is 5.32 Å². The van der Waals surface area contributed by atoms with Crippen molar-refractivity contribution in [1.29, 1.82) is 0 Å². The molecule has 1 atom stereocenters. The van der Waals surface area contributed by atoms with Gasteiger partial charge in [0.25, 0.3) is 0 Å². The van der Waals surface area contributed by atoms with Crippen molar-refractivity contribution in [3.63, 3.8) is 0 Å². The van der Waals surface area contributed by atoms with Crippen LogP contribution in [0.3, 0.4) is 0 Å². The van der Waals surface area contributed by atoms with Gasteiger partial charge in [-0.15, -0.1) is 0 Å². The second-order valence-electron chi connectivity index (χ2n) is 8.78. The molecule has 180 valence electrons. The van der Waals surface area contributed by atoms with E-state index in [9.17, 15) is 18.0 Å². The molecular formula is C23H33F3N2O4. The highest BCUT2D eigenvalue weighted by atomic mass is 19.4. The molecule has 1 amide bonds. The smallest absolute Gasteiger partial charge is 0.475 e. The number of carboxylic acids is 1. The third kappa shape index (κ3) is 7.78. The summed E-state index contributed by atoms with van der Waals surface area (Å²) in [7, 11) is 0. The molecule has 3 rings (SSSR count). The lowest BCUT2D eigenvalue weighted by Gasteiger charge is -2.49. The van der Waals surface area contributed by atoms with Crippen molar-refractivity contribution >= 4 is 11.9 Å². The number of piperidine rings is 1. The number of amides is 1. The number of nitrogens with zero attached hydrogens (tertiary/aromatic N) is 1. The third-order valence-electron chi connectivity index (χ3n) is 6.26. The van der Waals surface area contributed by atoms with Crippen LogP contribution in [-0.2, 0) is 20.7 Å². The average Bonchev–Trinajstić information content (AvgIpc) is 2.75. The molecule has 2 fully saturated rings. The van der Waals surface area contributed by atoms with Crippen molar-refractivity contribution in [3.05, 3.63) is 35.9 Å². The molecule has 1 unspecified atom stereocenters. The summed E-state index contributed by atoms with van der Waals surface area (Å²) < 4.78 is 37.4. The first-order valence-electron chi connectivity index (χ1n) is 11.0. The van der Waals surface area contributed by atoms with E-state index in [2.05, 4.69) is 40.5 Å². The summed E-state index contributed by atoms with van der Waals surface area (Å²) in [4.78, 5) is 23.7. The normalized spacial score (nSPS) is 21.0.